The second kappa shape index (κ2) is 9.45. The van der Waals surface area contributed by atoms with Gasteiger partial charge in [-0.25, -0.2) is 0 Å². The Morgan fingerprint density at radius 3 is 2.37 bits per heavy atom. The number of rotatable bonds is 6. The van der Waals surface area contributed by atoms with E-state index in [4.69, 9.17) is 9.47 Å². The first-order valence-electron chi connectivity index (χ1n) is 12.0. The molecule has 35 heavy (non-hydrogen) atoms. The highest BCUT2D eigenvalue weighted by atomic mass is 16.5. The molecule has 0 bridgehead atoms. The normalized spacial score (nSPS) is 18.3. The summed E-state index contributed by atoms with van der Waals surface area (Å²) in [6, 6.07) is 21.1. The van der Waals surface area contributed by atoms with Gasteiger partial charge in [-0.15, -0.1) is 0 Å². The fraction of sp³-hybridized carbons (Fsp3) is 0.310. The van der Waals surface area contributed by atoms with Crippen LogP contribution in [0.25, 0.3) is 0 Å². The third-order valence-corrected chi connectivity index (χ3v) is 7.20. The van der Waals surface area contributed by atoms with Crippen LogP contribution in [0.15, 0.2) is 66.7 Å². The van der Waals surface area contributed by atoms with E-state index in [1.54, 1.807) is 14.2 Å². The van der Waals surface area contributed by atoms with E-state index in [1.807, 2.05) is 83.5 Å². The number of carbonyl (C=O) groups excluding carboxylic acids is 2. The summed E-state index contributed by atoms with van der Waals surface area (Å²) in [6.07, 6.45) is 0.697. The molecule has 0 N–H and O–H groups in total. The van der Waals surface area contributed by atoms with Gasteiger partial charge in [0.05, 0.1) is 26.2 Å². The number of hydrogen-bond donors (Lipinski definition) is 0. The summed E-state index contributed by atoms with van der Waals surface area (Å²) in [4.78, 5) is 31.6. The second-order valence-electron chi connectivity index (χ2n) is 9.00. The van der Waals surface area contributed by atoms with E-state index in [1.165, 1.54) is 0 Å². The Labute approximate surface area is 206 Å². The maximum Gasteiger partial charge on any atom is 0.254 e. The molecule has 3 aromatic carbocycles. The molecule has 6 nitrogen and oxygen atoms in total. The van der Waals surface area contributed by atoms with Crippen molar-refractivity contribution in [2.45, 2.75) is 31.8 Å². The van der Waals surface area contributed by atoms with Crippen molar-refractivity contribution in [3.8, 4) is 11.5 Å². The molecular weight excluding hydrogens is 440 g/mol. The summed E-state index contributed by atoms with van der Waals surface area (Å²) < 4.78 is 11.1. The van der Waals surface area contributed by atoms with Crippen LogP contribution in [0.1, 0.15) is 51.5 Å². The van der Waals surface area contributed by atoms with Crippen molar-refractivity contribution < 1.29 is 19.1 Å². The molecule has 2 amide bonds. The first-order chi connectivity index (χ1) is 17.1. The molecule has 6 heteroatoms. The molecule has 2 heterocycles. The van der Waals surface area contributed by atoms with Gasteiger partial charge in [-0.1, -0.05) is 48.5 Å². The van der Waals surface area contributed by atoms with E-state index in [-0.39, 0.29) is 11.8 Å². The molecule has 180 valence electrons. The smallest absolute Gasteiger partial charge is 0.254 e. The van der Waals surface area contributed by atoms with E-state index in [0.717, 1.165) is 22.3 Å². The molecular formula is C29H30N2O4. The summed E-state index contributed by atoms with van der Waals surface area (Å²) in [6.45, 7) is 3.65. The van der Waals surface area contributed by atoms with Gasteiger partial charge < -0.3 is 19.3 Å². The third kappa shape index (κ3) is 3.93. The Morgan fingerprint density at radius 1 is 0.971 bits per heavy atom. The number of hydrogen-bond acceptors (Lipinski definition) is 4. The number of benzene rings is 3. The minimum absolute atomic E-state index is 0.0222. The summed E-state index contributed by atoms with van der Waals surface area (Å²) in [5, 5.41) is 0. The summed E-state index contributed by atoms with van der Waals surface area (Å²) >= 11 is 0. The molecule has 0 aliphatic carbocycles. The number of likely N-dealkylation sites (N-methyl/N-ethyl adjacent to an activating group) is 1. The molecule has 2 aliphatic heterocycles. The van der Waals surface area contributed by atoms with Crippen molar-refractivity contribution in [2.75, 3.05) is 27.3 Å². The molecule has 0 unspecified atom stereocenters. The molecule has 2 aliphatic rings. The largest absolute Gasteiger partial charge is 0.493 e. The number of carbonyl (C=O) groups is 2. The fourth-order valence-corrected chi connectivity index (χ4v) is 5.47. The Balaban J connectivity index is 1.64. The fourth-order valence-electron chi connectivity index (χ4n) is 5.47. The van der Waals surface area contributed by atoms with Gasteiger partial charge >= 0.3 is 0 Å². The van der Waals surface area contributed by atoms with E-state index >= 15 is 0 Å². The Bertz CT molecular complexity index is 1260. The molecule has 0 fully saturated rings. The van der Waals surface area contributed by atoms with Crippen molar-refractivity contribution >= 4 is 11.8 Å². The quantitative estimate of drug-likeness (QED) is 0.529. The van der Waals surface area contributed by atoms with Gasteiger partial charge in [0.15, 0.2) is 11.5 Å². The highest BCUT2D eigenvalue weighted by Gasteiger charge is 2.47. The SMILES string of the molecule is CCN(Cc1ccccc1)C(=O)[C@@H]1c2ccccc2C(=O)N2CCc3cc(OC)c(OC)cc3[C@H]12. The molecule has 0 saturated carbocycles. The summed E-state index contributed by atoms with van der Waals surface area (Å²) in [5.41, 5.74) is 4.51. The predicted molar refractivity (Wildman–Crippen MR) is 134 cm³/mol. The van der Waals surface area contributed by atoms with Crippen molar-refractivity contribution in [3.05, 3.63) is 94.5 Å². The monoisotopic (exact) mass is 470 g/mol. The van der Waals surface area contributed by atoms with E-state index in [2.05, 4.69) is 0 Å². The molecule has 0 saturated heterocycles. The molecule has 0 radical (unpaired) electrons. The first kappa shape index (κ1) is 23.0. The Hall–Kier alpha value is -3.80. The van der Waals surface area contributed by atoms with Crippen molar-refractivity contribution in [1.82, 2.24) is 9.80 Å². The maximum atomic E-state index is 14.3. The van der Waals surface area contributed by atoms with Gasteiger partial charge in [-0.05, 0) is 53.8 Å². The van der Waals surface area contributed by atoms with Crippen molar-refractivity contribution in [3.63, 3.8) is 0 Å². The van der Waals surface area contributed by atoms with Gasteiger partial charge in [0, 0.05) is 25.2 Å². The van der Waals surface area contributed by atoms with Crippen LogP contribution in [-0.4, -0.2) is 48.9 Å². The number of ether oxygens (including phenoxy) is 2. The van der Waals surface area contributed by atoms with Gasteiger partial charge in [-0.3, -0.25) is 9.59 Å². The predicted octanol–water partition coefficient (Wildman–Crippen LogP) is 4.59. The van der Waals surface area contributed by atoms with Crippen LogP contribution in [0.4, 0.5) is 0 Å². The molecule has 5 rings (SSSR count). The molecule has 0 spiro atoms. The zero-order chi connectivity index (χ0) is 24.5. The van der Waals surface area contributed by atoms with Crippen LogP contribution in [0.3, 0.4) is 0 Å². The van der Waals surface area contributed by atoms with Crippen LogP contribution in [0.5, 0.6) is 11.5 Å². The average molecular weight is 471 g/mol. The number of methoxy groups -OCH3 is 2. The Kier molecular flexibility index (Phi) is 6.20. The topological polar surface area (TPSA) is 59.1 Å². The Morgan fingerprint density at radius 2 is 1.66 bits per heavy atom. The van der Waals surface area contributed by atoms with Gasteiger partial charge in [-0.2, -0.15) is 0 Å². The lowest BCUT2D eigenvalue weighted by Gasteiger charge is -2.46. The van der Waals surface area contributed by atoms with Gasteiger partial charge in [0.2, 0.25) is 5.91 Å². The number of amides is 2. The van der Waals surface area contributed by atoms with Crippen LogP contribution < -0.4 is 9.47 Å². The lowest BCUT2D eigenvalue weighted by atomic mass is 9.75. The van der Waals surface area contributed by atoms with E-state index in [9.17, 15) is 9.59 Å². The first-order valence-corrected chi connectivity index (χ1v) is 12.0. The second-order valence-corrected chi connectivity index (χ2v) is 9.00. The lowest BCUT2D eigenvalue weighted by molar-refractivity contribution is -0.135. The highest BCUT2D eigenvalue weighted by molar-refractivity contribution is 6.01. The lowest BCUT2D eigenvalue weighted by Crippen LogP contribution is -2.50. The summed E-state index contributed by atoms with van der Waals surface area (Å²) in [5.74, 6) is 0.742. The van der Waals surface area contributed by atoms with E-state index in [0.29, 0.717) is 43.1 Å². The molecule has 2 atom stereocenters. The zero-order valence-electron chi connectivity index (χ0n) is 20.4. The number of fused-ring (bicyclic) bond motifs is 4. The standard InChI is InChI=1S/C29H30N2O4/c1-4-30(18-19-10-6-5-7-11-19)29(33)26-21-12-8-9-13-22(21)28(32)31-15-14-20-16-24(34-2)25(35-3)17-23(20)27(26)31/h5-13,16-17,26-27H,4,14-15,18H2,1-3H3/t26-,27-/m1/s1. The van der Waals surface area contributed by atoms with Crippen LogP contribution in [0.2, 0.25) is 0 Å². The van der Waals surface area contributed by atoms with Crippen LogP contribution in [-0.2, 0) is 17.8 Å². The maximum absolute atomic E-state index is 14.3. The van der Waals surface area contributed by atoms with Gasteiger partial charge in [0.1, 0.15) is 0 Å². The highest BCUT2D eigenvalue weighted by Crippen LogP contribution is 2.48. The van der Waals surface area contributed by atoms with Crippen molar-refractivity contribution in [1.29, 1.82) is 0 Å². The van der Waals surface area contributed by atoms with Gasteiger partial charge in [0.25, 0.3) is 5.91 Å². The van der Waals surface area contributed by atoms with Crippen LogP contribution in [0, 0.1) is 0 Å². The minimum Gasteiger partial charge on any atom is -0.493 e. The summed E-state index contributed by atoms with van der Waals surface area (Å²) in [7, 11) is 3.22. The molecule has 3 aromatic rings. The zero-order valence-corrected chi connectivity index (χ0v) is 20.4. The molecule has 0 aromatic heterocycles. The van der Waals surface area contributed by atoms with Crippen LogP contribution >= 0.6 is 0 Å². The third-order valence-electron chi connectivity index (χ3n) is 7.20. The minimum atomic E-state index is -0.510. The van der Waals surface area contributed by atoms with E-state index < -0.39 is 12.0 Å². The number of nitrogens with zero attached hydrogens (tertiary/aromatic N) is 2. The van der Waals surface area contributed by atoms with Crippen molar-refractivity contribution in [2.24, 2.45) is 0 Å². The average Bonchev–Trinajstić information content (AvgIpc) is 2.91.